The first-order valence-electron chi connectivity index (χ1n) is 6.00. The SMILES string of the molecule is Cc1nc(SCC(=O)Nc2ccc(OC(F)F)c(Cl)c2)n[nH]1. The smallest absolute Gasteiger partial charge is 0.387 e. The van der Waals surface area contributed by atoms with Crippen LogP contribution in [0.1, 0.15) is 5.82 Å². The molecule has 0 aliphatic carbocycles. The van der Waals surface area contributed by atoms with Gasteiger partial charge in [0.05, 0.1) is 10.8 Å². The van der Waals surface area contributed by atoms with Crippen molar-refractivity contribution < 1.29 is 18.3 Å². The number of aromatic nitrogens is 3. The van der Waals surface area contributed by atoms with Crippen molar-refractivity contribution in [2.75, 3.05) is 11.1 Å². The van der Waals surface area contributed by atoms with Crippen LogP contribution in [0.2, 0.25) is 5.02 Å². The van der Waals surface area contributed by atoms with E-state index < -0.39 is 6.61 Å². The minimum atomic E-state index is -2.96. The van der Waals surface area contributed by atoms with E-state index in [0.717, 1.165) is 11.8 Å². The number of nitrogens with one attached hydrogen (secondary N) is 2. The molecule has 0 aliphatic rings. The van der Waals surface area contributed by atoms with Crippen LogP contribution in [-0.2, 0) is 4.79 Å². The van der Waals surface area contributed by atoms with Gasteiger partial charge in [-0.2, -0.15) is 8.78 Å². The Kier molecular flexibility index (Phi) is 5.56. The number of rotatable bonds is 6. The number of amides is 1. The van der Waals surface area contributed by atoms with E-state index in [2.05, 4.69) is 25.2 Å². The van der Waals surface area contributed by atoms with Gasteiger partial charge in [-0.25, -0.2) is 4.98 Å². The predicted octanol–water partition coefficient (Wildman–Crippen LogP) is 3.10. The number of aromatic amines is 1. The molecule has 2 aromatic rings. The van der Waals surface area contributed by atoms with Crippen molar-refractivity contribution in [1.29, 1.82) is 0 Å². The quantitative estimate of drug-likeness (QED) is 0.784. The maximum absolute atomic E-state index is 12.1. The number of hydrogen-bond acceptors (Lipinski definition) is 5. The fourth-order valence-electron chi connectivity index (χ4n) is 1.48. The number of halogens is 3. The molecule has 0 spiro atoms. The Morgan fingerprint density at radius 1 is 1.55 bits per heavy atom. The molecule has 22 heavy (non-hydrogen) atoms. The lowest BCUT2D eigenvalue weighted by Crippen LogP contribution is -2.14. The van der Waals surface area contributed by atoms with Crippen LogP contribution in [-0.4, -0.2) is 33.5 Å². The standard InChI is InChI=1S/C12H11ClF2N4O2S/c1-6-16-12(19-18-6)22-5-10(20)17-7-2-3-9(8(13)4-7)21-11(14)15/h2-4,11H,5H2,1H3,(H,17,20)(H,16,18,19). The molecule has 6 nitrogen and oxygen atoms in total. The molecule has 0 aliphatic heterocycles. The number of hydrogen-bond donors (Lipinski definition) is 2. The summed E-state index contributed by atoms with van der Waals surface area (Å²) in [5.74, 6) is 0.306. The number of alkyl halides is 2. The van der Waals surface area contributed by atoms with Crippen LogP contribution in [0.25, 0.3) is 0 Å². The van der Waals surface area contributed by atoms with Crippen LogP contribution in [0.3, 0.4) is 0 Å². The maximum Gasteiger partial charge on any atom is 0.387 e. The highest BCUT2D eigenvalue weighted by molar-refractivity contribution is 7.99. The highest BCUT2D eigenvalue weighted by Gasteiger charge is 2.11. The molecule has 118 valence electrons. The molecule has 0 saturated heterocycles. The summed E-state index contributed by atoms with van der Waals surface area (Å²) < 4.78 is 28.4. The van der Waals surface area contributed by atoms with Gasteiger partial charge in [-0.15, -0.1) is 5.10 Å². The normalized spacial score (nSPS) is 10.8. The Hall–Kier alpha value is -1.87. The largest absolute Gasteiger partial charge is 0.433 e. The van der Waals surface area contributed by atoms with Crippen molar-refractivity contribution in [3.05, 3.63) is 29.0 Å². The van der Waals surface area contributed by atoms with Crippen molar-refractivity contribution in [1.82, 2.24) is 15.2 Å². The van der Waals surface area contributed by atoms with Gasteiger partial charge < -0.3 is 10.1 Å². The average Bonchev–Trinajstić information content (AvgIpc) is 2.85. The molecule has 0 saturated carbocycles. The summed E-state index contributed by atoms with van der Waals surface area (Å²) in [5, 5.41) is 9.58. The Bertz CT molecular complexity index is 668. The molecule has 0 fully saturated rings. The Morgan fingerprint density at radius 2 is 2.32 bits per heavy atom. The summed E-state index contributed by atoms with van der Waals surface area (Å²) in [6, 6.07) is 4.01. The number of H-pyrrole nitrogens is 1. The third-order valence-corrected chi connectivity index (χ3v) is 3.48. The minimum absolute atomic E-state index is 0.0182. The van der Waals surface area contributed by atoms with Gasteiger partial charge in [0.2, 0.25) is 11.1 Å². The maximum atomic E-state index is 12.1. The number of ether oxygens (including phenoxy) is 1. The van der Waals surface area contributed by atoms with Crippen LogP contribution in [0.4, 0.5) is 14.5 Å². The van der Waals surface area contributed by atoms with Crippen LogP contribution in [0.5, 0.6) is 5.75 Å². The lowest BCUT2D eigenvalue weighted by molar-refractivity contribution is -0.113. The first-order chi connectivity index (χ1) is 10.4. The first-order valence-corrected chi connectivity index (χ1v) is 7.36. The van der Waals surface area contributed by atoms with E-state index in [9.17, 15) is 13.6 Å². The molecular formula is C12H11ClF2N4O2S. The Morgan fingerprint density at radius 3 is 2.91 bits per heavy atom. The molecule has 0 bridgehead atoms. The molecule has 0 unspecified atom stereocenters. The molecule has 2 rings (SSSR count). The fraction of sp³-hybridized carbons (Fsp3) is 0.250. The number of thioether (sulfide) groups is 1. The van der Waals surface area contributed by atoms with E-state index in [-0.39, 0.29) is 22.4 Å². The number of nitrogens with zero attached hydrogens (tertiary/aromatic N) is 2. The Labute approximate surface area is 133 Å². The molecular weight excluding hydrogens is 338 g/mol. The van der Waals surface area contributed by atoms with Gasteiger partial charge in [0.25, 0.3) is 0 Å². The minimum Gasteiger partial charge on any atom is -0.433 e. The van der Waals surface area contributed by atoms with Gasteiger partial charge >= 0.3 is 6.61 Å². The second-order valence-electron chi connectivity index (χ2n) is 4.06. The molecule has 0 atom stereocenters. The van der Waals surface area contributed by atoms with Crippen LogP contribution >= 0.6 is 23.4 Å². The third kappa shape index (κ3) is 4.85. The summed E-state index contributed by atoms with van der Waals surface area (Å²) in [7, 11) is 0. The van der Waals surface area contributed by atoms with Crippen LogP contribution < -0.4 is 10.1 Å². The number of benzene rings is 1. The molecule has 1 aromatic heterocycles. The number of anilines is 1. The monoisotopic (exact) mass is 348 g/mol. The zero-order valence-corrected chi connectivity index (χ0v) is 12.8. The van der Waals surface area contributed by atoms with Crippen LogP contribution in [0, 0.1) is 6.92 Å². The number of aryl methyl sites for hydroxylation is 1. The first kappa shape index (κ1) is 16.5. The molecule has 10 heteroatoms. The molecule has 1 aromatic carbocycles. The molecule has 1 amide bonds. The second-order valence-corrected chi connectivity index (χ2v) is 5.41. The second kappa shape index (κ2) is 7.41. The summed E-state index contributed by atoms with van der Waals surface area (Å²) in [5.41, 5.74) is 0.378. The topological polar surface area (TPSA) is 79.9 Å². The van der Waals surface area contributed by atoms with E-state index in [4.69, 9.17) is 11.6 Å². The summed E-state index contributed by atoms with van der Waals surface area (Å²) in [6.45, 7) is -1.21. The summed E-state index contributed by atoms with van der Waals surface area (Å²) in [4.78, 5) is 15.8. The lowest BCUT2D eigenvalue weighted by Gasteiger charge is -2.09. The van der Waals surface area contributed by atoms with Gasteiger partial charge in [0.15, 0.2) is 0 Å². The zero-order chi connectivity index (χ0) is 16.1. The van der Waals surface area contributed by atoms with E-state index in [1.807, 2.05) is 0 Å². The molecule has 0 radical (unpaired) electrons. The highest BCUT2D eigenvalue weighted by atomic mass is 35.5. The van der Waals surface area contributed by atoms with Gasteiger partial charge in [0, 0.05) is 5.69 Å². The predicted molar refractivity (Wildman–Crippen MR) is 78.6 cm³/mol. The van der Waals surface area contributed by atoms with Gasteiger partial charge in [-0.3, -0.25) is 9.89 Å². The highest BCUT2D eigenvalue weighted by Crippen LogP contribution is 2.29. The number of carbonyl (C=O) groups excluding carboxylic acids is 1. The van der Waals surface area contributed by atoms with Crippen molar-refractivity contribution in [2.45, 2.75) is 18.7 Å². The lowest BCUT2D eigenvalue weighted by atomic mass is 10.3. The van der Waals surface area contributed by atoms with Crippen molar-refractivity contribution in [3.8, 4) is 5.75 Å². The summed E-state index contributed by atoms with van der Waals surface area (Å²) >= 11 is 6.96. The van der Waals surface area contributed by atoms with E-state index >= 15 is 0 Å². The zero-order valence-electron chi connectivity index (χ0n) is 11.3. The summed E-state index contributed by atoms with van der Waals surface area (Å²) in [6.07, 6.45) is 0. The fourth-order valence-corrected chi connectivity index (χ4v) is 2.35. The number of carbonyl (C=O) groups is 1. The average molecular weight is 349 g/mol. The van der Waals surface area contributed by atoms with Crippen molar-refractivity contribution in [3.63, 3.8) is 0 Å². The van der Waals surface area contributed by atoms with Crippen molar-refractivity contribution in [2.24, 2.45) is 0 Å². The van der Waals surface area contributed by atoms with E-state index in [0.29, 0.717) is 16.7 Å². The van der Waals surface area contributed by atoms with Gasteiger partial charge in [-0.05, 0) is 25.1 Å². The van der Waals surface area contributed by atoms with Crippen molar-refractivity contribution >= 4 is 35.0 Å². The third-order valence-electron chi connectivity index (χ3n) is 2.34. The Balaban J connectivity index is 1.89. The van der Waals surface area contributed by atoms with Crippen LogP contribution in [0.15, 0.2) is 23.4 Å². The van der Waals surface area contributed by atoms with Gasteiger partial charge in [-0.1, -0.05) is 23.4 Å². The molecule has 2 N–H and O–H groups in total. The molecule has 1 heterocycles. The van der Waals surface area contributed by atoms with E-state index in [1.165, 1.54) is 18.2 Å². The van der Waals surface area contributed by atoms with Gasteiger partial charge in [0.1, 0.15) is 11.6 Å². The van der Waals surface area contributed by atoms with E-state index in [1.54, 1.807) is 6.92 Å².